The molecule has 0 atom stereocenters. The predicted molar refractivity (Wildman–Crippen MR) is 108 cm³/mol. The summed E-state index contributed by atoms with van der Waals surface area (Å²) in [5.74, 6) is -0.180. The number of urea groups is 1. The van der Waals surface area contributed by atoms with Crippen molar-refractivity contribution in [2.75, 3.05) is 50.8 Å². The number of ether oxygens (including phenoxy) is 1. The smallest absolute Gasteiger partial charge is 0.417 e. The molecular weight excluding hydrogens is 439 g/mol. The molecule has 2 aliphatic rings. The summed E-state index contributed by atoms with van der Waals surface area (Å²) < 4.78 is 43.6. The first-order valence-corrected chi connectivity index (χ1v) is 10.2. The van der Waals surface area contributed by atoms with Crippen molar-refractivity contribution in [2.24, 2.45) is 0 Å². The van der Waals surface area contributed by atoms with Crippen LogP contribution in [0, 0.1) is 0 Å². The normalized spacial score (nSPS) is 18.4. The molecule has 1 fully saturated rings. The number of alkyl halides is 3. The molecule has 0 spiro atoms. The number of hydrogen-bond donors (Lipinski definition) is 2. The average Bonchev–Trinajstić information content (AvgIpc) is 2.93. The first-order chi connectivity index (χ1) is 14.7. The van der Waals surface area contributed by atoms with Gasteiger partial charge in [-0.3, -0.25) is 4.90 Å². The van der Waals surface area contributed by atoms with Crippen molar-refractivity contribution in [3.05, 3.63) is 34.1 Å². The van der Waals surface area contributed by atoms with Crippen LogP contribution < -0.4 is 15.5 Å². The van der Waals surface area contributed by atoms with Crippen molar-refractivity contribution in [3.8, 4) is 0 Å². The molecular formula is C19H23ClF3N5O3. The van der Waals surface area contributed by atoms with Crippen molar-refractivity contribution in [1.82, 2.24) is 20.5 Å². The van der Waals surface area contributed by atoms with Gasteiger partial charge in [0.25, 0.3) is 0 Å². The number of hydrogen-bond acceptors (Lipinski definition) is 6. The van der Waals surface area contributed by atoms with Crippen molar-refractivity contribution in [2.45, 2.75) is 19.5 Å². The maximum atomic E-state index is 12.9. The second-order valence-corrected chi connectivity index (χ2v) is 7.54. The summed E-state index contributed by atoms with van der Waals surface area (Å²) in [4.78, 5) is 31.8. The summed E-state index contributed by atoms with van der Waals surface area (Å²) in [6.45, 7) is 4.60. The lowest BCUT2D eigenvalue weighted by atomic mass is 10.1. The van der Waals surface area contributed by atoms with Gasteiger partial charge < -0.3 is 20.3 Å². The van der Waals surface area contributed by atoms with Crippen LogP contribution in [0.4, 0.5) is 23.8 Å². The van der Waals surface area contributed by atoms with Crippen LogP contribution in [0.3, 0.4) is 0 Å². The molecule has 1 aromatic heterocycles. The van der Waals surface area contributed by atoms with E-state index in [9.17, 15) is 22.8 Å². The first kappa shape index (κ1) is 23.1. The summed E-state index contributed by atoms with van der Waals surface area (Å²) in [7, 11) is 0. The van der Waals surface area contributed by atoms with E-state index in [4.69, 9.17) is 16.3 Å². The number of nitrogens with one attached hydrogen (secondary N) is 2. The first-order valence-electron chi connectivity index (χ1n) is 9.83. The van der Waals surface area contributed by atoms with Gasteiger partial charge in [-0.05, 0) is 19.4 Å². The van der Waals surface area contributed by atoms with Crippen LogP contribution in [0.2, 0.25) is 5.02 Å². The fraction of sp³-hybridized carbons (Fsp3) is 0.526. The van der Waals surface area contributed by atoms with Gasteiger partial charge in [-0.2, -0.15) is 13.2 Å². The standard InChI is InChI=1S/C19H23ClF3N5O3/c1-2-31-17(29)13-10-25-18(30)26-15(13)11-27-4-3-5-28(7-6-27)16-14(20)8-12(9-24-16)19(21,22)23/h8-9H,2-7,10-11H2,1H3,(H2,25,26,30). The van der Waals surface area contributed by atoms with Gasteiger partial charge in [0.15, 0.2) is 0 Å². The van der Waals surface area contributed by atoms with E-state index in [1.54, 1.807) is 6.92 Å². The summed E-state index contributed by atoms with van der Waals surface area (Å²) in [6.07, 6.45) is -3.02. The zero-order chi connectivity index (χ0) is 22.6. The van der Waals surface area contributed by atoms with E-state index in [1.807, 2.05) is 4.90 Å². The van der Waals surface area contributed by atoms with Crippen LogP contribution in [-0.4, -0.2) is 67.8 Å². The van der Waals surface area contributed by atoms with Gasteiger partial charge in [-0.15, -0.1) is 0 Å². The van der Waals surface area contributed by atoms with Crippen LogP contribution in [0.5, 0.6) is 0 Å². The average molecular weight is 462 g/mol. The van der Waals surface area contributed by atoms with E-state index in [0.29, 0.717) is 56.2 Å². The van der Waals surface area contributed by atoms with E-state index < -0.39 is 17.7 Å². The lowest BCUT2D eigenvalue weighted by Gasteiger charge is -2.27. The van der Waals surface area contributed by atoms with Gasteiger partial charge in [-0.25, -0.2) is 14.6 Å². The Bertz CT molecular complexity index is 878. The second-order valence-electron chi connectivity index (χ2n) is 7.13. The Morgan fingerprint density at radius 2 is 2.06 bits per heavy atom. The number of esters is 1. The zero-order valence-electron chi connectivity index (χ0n) is 16.9. The predicted octanol–water partition coefficient (Wildman–Crippen LogP) is 2.40. The Morgan fingerprint density at radius 3 is 2.74 bits per heavy atom. The highest BCUT2D eigenvalue weighted by Crippen LogP contribution is 2.33. The Hall–Kier alpha value is -2.53. The van der Waals surface area contributed by atoms with Gasteiger partial charge in [0.2, 0.25) is 0 Å². The third kappa shape index (κ3) is 5.79. The van der Waals surface area contributed by atoms with Crippen LogP contribution in [0.1, 0.15) is 18.9 Å². The molecule has 0 saturated carbocycles. The van der Waals surface area contributed by atoms with Crippen LogP contribution in [-0.2, 0) is 15.7 Å². The largest absolute Gasteiger partial charge is 0.463 e. The molecule has 2 amide bonds. The van der Waals surface area contributed by atoms with E-state index in [1.165, 1.54) is 0 Å². The minimum absolute atomic E-state index is 0.0544. The quantitative estimate of drug-likeness (QED) is 0.655. The molecule has 0 unspecified atom stereocenters. The molecule has 0 aromatic carbocycles. The van der Waals surface area contributed by atoms with Crippen LogP contribution >= 0.6 is 11.6 Å². The summed E-state index contributed by atoms with van der Waals surface area (Å²) >= 11 is 6.08. The molecule has 0 bridgehead atoms. The monoisotopic (exact) mass is 461 g/mol. The third-order valence-corrected chi connectivity index (χ3v) is 5.27. The summed E-state index contributed by atoms with van der Waals surface area (Å²) in [5, 5.41) is 5.19. The van der Waals surface area contributed by atoms with Crippen molar-refractivity contribution in [1.29, 1.82) is 0 Å². The van der Waals surface area contributed by atoms with E-state index in [-0.39, 0.29) is 24.2 Å². The van der Waals surface area contributed by atoms with Gasteiger partial charge >= 0.3 is 18.2 Å². The molecule has 0 aliphatic carbocycles. The van der Waals surface area contributed by atoms with Crippen molar-refractivity contribution < 1.29 is 27.5 Å². The Labute approximate surface area is 182 Å². The van der Waals surface area contributed by atoms with E-state index in [0.717, 1.165) is 12.3 Å². The number of amides is 2. The molecule has 3 heterocycles. The molecule has 0 radical (unpaired) electrons. The highest BCUT2D eigenvalue weighted by molar-refractivity contribution is 6.33. The topological polar surface area (TPSA) is 86.8 Å². The number of halogens is 4. The molecule has 2 aliphatic heterocycles. The molecule has 1 aromatic rings. The van der Waals surface area contributed by atoms with Crippen LogP contribution in [0.25, 0.3) is 0 Å². The molecule has 3 rings (SSSR count). The number of pyridine rings is 1. The minimum atomic E-state index is -4.51. The lowest BCUT2D eigenvalue weighted by Crippen LogP contribution is -2.47. The molecule has 170 valence electrons. The Kier molecular flexibility index (Phi) is 7.26. The minimum Gasteiger partial charge on any atom is -0.463 e. The maximum Gasteiger partial charge on any atom is 0.417 e. The summed E-state index contributed by atoms with van der Waals surface area (Å²) in [6, 6.07) is 0.494. The fourth-order valence-electron chi connectivity index (χ4n) is 3.46. The lowest BCUT2D eigenvalue weighted by molar-refractivity contribution is -0.139. The highest BCUT2D eigenvalue weighted by Gasteiger charge is 2.32. The molecule has 31 heavy (non-hydrogen) atoms. The van der Waals surface area contributed by atoms with Gasteiger partial charge in [0, 0.05) is 44.6 Å². The molecule has 2 N–H and O–H groups in total. The van der Waals surface area contributed by atoms with Crippen LogP contribution in [0.15, 0.2) is 23.5 Å². The van der Waals surface area contributed by atoms with Gasteiger partial charge in [-0.1, -0.05) is 11.6 Å². The maximum absolute atomic E-state index is 12.9. The number of rotatable bonds is 5. The molecule has 1 saturated heterocycles. The van der Waals surface area contributed by atoms with Crippen molar-refractivity contribution in [3.63, 3.8) is 0 Å². The molecule has 12 heteroatoms. The number of anilines is 1. The van der Waals surface area contributed by atoms with Gasteiger partial charge in [0.05, 0.1) is 29.3 Å². The van der Waals surface area contributed by atoms with Gasteiger partial charge in [0.1, 0.15) is 5.82 Å². The second kappa shape index (κ2) is 9.73. The number of carbonyl (C=O) groups is 2. The Morgan fingerprint density at radius 1 is 1.29 bits per heavy atom. The fourth-order valence-corrected chi connectivity index (χ4v) is 3.75. The summed E-state index contributed by atoms with van der Waals surface area (Å²) in [5.41, 5.74) is -0.0332. The Balaban J connectivity index is 1.70. The number of carbonyl (C=O) groups excluding carboxylic acids is 2. The number of nitrogens with zero attached hydrogens (tertiary/aromatic N) is 3. The SMILES string of the molecule is CCOC(=O)C1=C(CN2CCCN(c3ncc(C(F)(F)F)cc3Cl)CC2)NC(=O)NC1. The zero-order valence-corrected chi connectivity index (χ0v) is 17.6. The molecule has 8 nitrogen and oxygen atoms in total. The van der Waals surface area contributed by atoms with E-state index in [2.05, 4.69) is 20.5 Å². The van der Waals surface area contributed by atoms with Crippen molar-refractivity contribution >= 4 is 29.4 Å². The highest BCUT2D eigenvalue weighted by atomic mass is 35.5. The number of aromatic nitrogens is 1. The van der Waals surface area contributed by atoms with E-state index >= 15 is 0 Å². The third-order valence-electron chi connectivity index (χ3n) is 5.00.